The average Bonchev–Trinajstić information content (AvgIpc) is 3.11. The maximum Gasteiger partial charge on any atom is 0.164 e. The number of imidazole rings is 1. The zero-order valence-corrected chi connectivity index (χ0v) is 12.0. The SMILES string of the molecule is CN1CCC(c2nc3cccnc3n2-c2cccnc2)C1. The molecule has 1 aliphatic heterocycles. The fraction of sp³-hybridized carbons (Fsp3) is 0.312. The number of likely N-dealkylation sites (tertiary alicyclic amines) is 1. The van der Waals surface area contributed by atoms with Gasteiger partial charge in [0, 0.05) is 24.9 Å². The lowest BCUT2D eigenvalue weighted by atomic mass is 10.1. The summed E-state index contributed by atoms with van der Waals surface area (Å²) in [6.45, 7) is 2.16. The van der Waals surface area contributed by atoms with E-state index in [9.17, 15) is 0 Å². The molecule has 0 saturated carbocycles. The molecule has 0 bridgehead atoms. The Morgan fingerprint density at radius 3 is 2.86 bits per heavy atom. The lowest BCUT2D eigenvalue weighted by Gasteiger charge is -2.13. The topological polar surface area (TPSA) is 46.8 Å². The summed E-state index contributed by atoms with van der Waals surface area (Å²) >= 11 is 0. The molecule has 0 radical (unpaired) electrons. The van der Waals surface area contributed by atoms with Crippen LogP contribution < -0.4 is 0 Å². The van der Waals surface area contributed by atoms with Gasteiger partial charge < -0.3 is 4.90 Å². The number of aromatic nitrogens is 4. The first kappa shape index (κ1) is 12.5. The van der Waals surface area contributed by atoms with Gasteiger partial charge in [0.2, 0.25) is 0 Å². The third-order valence-corrected chi connectivity index (χ3v) is 4.10. The van der Waals surface area contributed by atoms with Crippen LogP contribution in [-0.4, -0.2) is 44.6 Å². The van der Waals surface area contributed by atoms with Gasteiger partial charge in [0.1, 0.15) is 11.3 Å². The molecule has 106 valence electrons. The number of hydrogen-bond donors (Lipinski definition) is 0. The predicted molar refractivity (Wildman–Crippen MR) is 81.5 cm³/mol. The summed E-state index contributed by atoms with van der Waals surface area (Å²) in [4.78, 5) is 16.0. The van der Waals surface area contributed by atoms with E-state index in [1.807, 2.05) is 30.6 Å². The number of likely N-dealkylation sites (N-methyl/N-ethyl adjacent to an activating group) is 1. The summed E-state index contributed by atoms with van der Waals surface area (Å²) in [6, 6.07) is 7.98. The molecule has 4 rings (SSSR count). The van der Waals surface area contributed by atoms with Gasteiger partial charge in [0.15, 0.2) is 5.65 Å². The van der Waals surface area contributed by atoms with Gasteiger partial charge in [0.25, 0.3) is 0 Å². The van der Waals surface area contributed by atoms with Crippen molar-refractivity contribution in [2.45, 2.75) is 12.3 Å². The van der Waals surface area contributed by atoms with Gasteiger partial charge in [0.05, 0.1) is 11.9 Å². The molecule has 1 fully saturated rings. The second-order valence-corrected chi connectivity index (χ2v) is 5.61. The Kier molecular flexibility index (Phi) is 2.93. The van der Waals surface area contributed by atoms with Gasteiger partial charge in [-0.1, -0.05) is 0 Å². The van der Waals surface area contributed by atoms with Gasteiger partial charge in [-0.15, -0.1) is 0 Å². The molecule has 1 aliphatic rings. The summed E-state index contributed by atoms with van der Waals surface area (Å²) in [5.41, 5.74) is 2.89. The fourth-order valence-corrected chi connectivity index (χ4v) is 3.09. The van der Waals surface area contributed by atoms with Crippen LogP contribution in [0, 0.1) is 0 Å². The Morgan fingerprint density at radius 1 is 1.19 bits per heavy atom. The third-order valence-electron chi connectivity index (χ3n) is 4.10. The minimum Gasteiger partial charge on any atom is -0.306 e. The van der Waals surface area contributed by atoms with Gasteiger partial charge in [-0.2, -0.15) is 0 Å². The van der Waals surface area contributed by atoms with Crippen molar-refractivity contribution in [1.82, 2.24) is 24.4 Å². The number of nitrogens with zero attached hydrogens (tertiary/aromatic N) is 5. The van der Waals surface area contributed by atoms with E-state index in [1.165, 1.54) is 0 Å². The van der Waals surface area contributed by atoms with Crippen LogP contribution in [-0.2, 0) is 0 Å². The van der Waals surface area contributed by atoms with Crippen LogP contribution in [0.2, 0.25) is 0 Å². The van der Waals surface area contributed by atoms with Crippen molar-refractivity contribution in [1.29, 1.82) is 0 Å². The molecule has 1 saturated heterocycles. The monoisotopic (exact) mass is 279 g/mol. The first-order chi connectivity index (χ1) is 10.3. The van der Waals surface area contributed by atoms with E-state index < -0.39 is 0 Å². The average molecular weight is 279 g/mol. The molecule has 0 spiro atoms. The van der Waals surface area contributed by atoms with E-state index in [0.29, 0.717) is 5.92 Å². The summed E-state index contributed by atoms with van der Waals surface area (Å²) in [5, 5.41) is 0. The van der Waals surface area contributed by atoms with Crippen molar-refractivity contribution in [3.8, 4) is 5.69 Å². The predicted octanol–water partition coefficient (Wildman–Crippen LogP) is 2.23. The standard InChI is InChI=1S/C16H17N5/c1-20-9-6-12(11-20)15-19-14-5-3-8-18-16(14)21(15)13-4-2-7-17-10-13/h2-5,7-8,10,12H,6,9,11H2,1H3. The lowest BCUT2D eigenvalue weighted by Crippen LogP contribution is -2.15. The van der Waals surface area contributed by atoms with Crippen LogP contribution in [0.5, 0.6) is 0 Å². The summed E-state index contributed by atoms with van der Waals surface area (Å²) in [7, 11) is 2.16. The number of pyridine rings is 2. The maximum atomic E-state index is 4.85. The van der Waals surface area contributed by atoms with E-state index in [1.54, 1.807) is 6.20 Å². The Labute approximate surface area is 123 Å². The molecule has 1 atom stereocenters. The van der Waals surface area contributed by atoms with Gasteiger partial charge >= 0.3 is 0 Å². The van der Waals surface area contributed by atoms with E-state index in [-0.39, 0.29) is 0 Å². The van der Waals surface area contributed by atoms with Crippen molar-refractivity contribution < 1.29 is 0 Å². The summed E-state index contributed by atoms with van der Waals surface area (Å²) < 4.78 is 2.16. The van der Waals surface area contributed by atoms with Crippen LogP contribution in [0.4, 0.5) is 0 Å². The van der Waals surface area contributed by atoms with Gasteiger partial charge in [-0.05, 0) is 44.3 Å². The highest BCUT2D eigenvalue weighted by Crippen LogP contribution is 2.30. The number of fused-ring (bicyclic) bond motifs is 1. The van der Waals surface area contributed by atoms with Crippen molar-refractivity contribution in [3.05, 3.63) is 48.7 Å². The molecule has 3 aromatic heterocycles. The van der Waals surface area contributed by atoms with E-state index >= 15 is 0 Å². The highest BCUT2D eigenvalue weighted by Gasteiger charge is 2.27. The van der Waals surface area contributed by atoms with Crippen LogP contribution in [0.25, 0.3) is 16.9 Å². The lowest BCUT2D eigenvalue weighted by molar-refractivity contribution is 0.409. The molecule has 3 aromatic rings. The minimum atomic E-state index is 0.449. The molecule has 1 unspecified atom stereocenters. The number of hydrogen-bond acceptors (Lipinski definition) is 4. The molecule has 5 nitrogen and oxygen atoms in total. The fourth-order valence-electron chi connectivity index (χ4n) is 3.09. The molecule has 0 amide bonds. The normalized spacial score (nSPS) is 19.4. The highest BCUT2D eigenvalue weighted by atomic mass is 15.2. The zero-order chi connectivity index (χ0) is 14.2. The Hall–Kier alpha value is -2.27. The van der Waals surface area contributed by atoms with Crippen molar-refractivity contribution in [3.63, 3.8) is 0 Å². The number of rotatable bonds is 2. The molecular formula is C16H17N5. The van der Waals surface area contributed by atoms with Crippen LogP contribution in [0.1, 0.15) is 18.2 Å². The van der Waals surface area contributed by atoms with Gasteiger partial charge in [-0.3, -0.25) is 9.55 Å². The second kappa shape index (κ2) is 4.93. The zero-order valence-electron chi connectivity index (χ0n) is 12.0. The smallest absolute Gasteiger partial charge is 0.164 e. The first-order valence-corrected chi connectivity index (χ1v) is 7.25. The van der Waals surface area contributed by atoms with Gasteiger partial charge in [-0.25, -0.2) is 9.97 Å². The highest BCUT2D eigenvalue weighted by molar-refractivity contribution is 5.73. The molecule has 21 heavy (non-hydrogen) atoms. The Balaban J connectivity index is 1.93. The Bertz CT molecular complexity index is 765. The summed E-state index contributed by atoms with van der Waals surface area (Å²) in [6.07, 6.45) is 6.62. The van der Waals surface area contributed by atoms with E-state index in [2.05, 4.69) is 32.5 Å². The van der Waals surface area contributed by atoms with E-state index in [0.717, 1.165) is 42.2 Å². The largest absolute Gasteiger partial charge is 0.306 e. The molecule has 4 heterocycles. The molecule has 0 aromatic carbocycles. The van der Waals surface area contributed by atoms with Crippen molar-refractivity contribution in [2.75, 3.05) is 20.1 Å². The molecule has 0 aliphatic carbocycles. The minimum absolute atomic E-state index is 0.449. The first-order valence-electron chi connectivity index (χ1n) is 7.25. The maximum absolute atomic E-state index is 4.85. The summed E-state index contributed by atoms with van der Waals surface area (Å²) in [5.74, 6) is 1.55. The van der Waals surface area contributed by atoms with E-state index in [4.69, 9.17) is 4.98 Å². The van der Waals surface area contributed by atoms with Crippen LogP contribution in [0.15, 0.2) is 42.9 Å². The third kappa shape index (κ3) is 2.10. The molecular weight excluding hydrogens is 262 g/mol. The quantitative estimate of drug-likeness (QED) is 0.721. The Morgan fingerprint density at radius 2 is 2.10 bits per heavy atom. The second-order valence-electron chi connectivity index (χ2n) is 5.61. The molecule has 5 heteroatoms. The molecule has 0 N–H and O–H groups in total. The van der Waals surface area contributed by atoms with Crippen LogP contribution in [0.3, 0.4) is 0 Å². The van der Waals surface area contributed by atoms with Crippen molar-refractivity contribution in [2.24, 2.45) is 0 Å². The van der Waals surface area contributed by atoms with Crippen molar-refractivity contribution >= 4 is 11.2 Å². The van der Waals surface area contributed by atoms with Crippen LogP contribution >= 0.6 is 0 Å².